The molecule has 3 atom stereocenters. The average molecular weight is 942 g/mol. The number of carbonyl (C=O) groups is 1. The minimum absolute atomic E-state index is 0.0523. The number of rotatable bonds is 47. The van der Waals surface area contributed by atoms with Gasteiger partial charge in [-0.05, 0) is 83.5 Å². The zero-order valence-electron chi connectivity index (χ0n) is 43.1. The lowest BCUT2D eigenvalue weighted by Gasteiger charge is -2.25. The summed E-state index contributed by atoms with van der Waals surface area (Å²) in [6, 6.07) is -0.867. The summed E-state index contributed by atoms with van der Waals surface area (Å²) in [7, 11) is 1.54. The Morgan fingerprint density at radius 3 is 1.39 bits per heavy atom. The third kappa shape index (κ3) is 49.3. The van der Waals surface area contributed by atoms with Crippen molar-refractivity contribution >= 4 is 13.7 Å². The van der Waals surface area contributed by atoms with Gasteiger partial charge in [0.2, 0.25) is 5.91 Å². The molecule has 8 nitrogen and oxygen atoms in total. The van der Waals surface area contributed by atoms with Gasteiger partial charge in [-0.2, -0.15) is 0 Å². The second-order valence-electron chi connectivity index (χ2n) is 18.9. The molecule has 380 valence electrons. The Bertz CT molecular complexity index is 1390. The molecular formula is C57H102N2O6P+. The minimum Gasteiger partial charge on any atom is -0.387 e. The summed E-state index contributed by atoms with van der Waals surface area (Å²) in [6.45, 7) is 4.64. The van der Waals surface area contributed by atoms with Gasteiger partial charge in [0.05, 0.1) is 39.9 Å². The Morgan fingerprint density at radius 1 is 0.530 bits per heavy atom. The quantitative estimate of drug-likeness (QED) is 0.0243. The van der Waals surface area contributed by atoms with Crippen LogP contribution in [-0.2, 0) is 18.4 Å². The van der Waals surface area contributed by atoms with Gasteiger partial charge in [0.25, 0.3) is 0 Å². The van der Waals surface area contributed by atoms with Crippen molar-refractivity contribution in [2.75, 3.05) is 40.9 Å². The van der Waals surface area contributed by atoms with Crippen LogP contribution in [0.4, 0.5) is 0 Å². The molecule has 0 fully saturated rings. The molecule has 9 heteroatoms. The standard InChI is InChI=1S/C57H101N2O6P/c1-6-8-10-12-14-16-18-19-20-21-22-23-24-25-26-27-28-29-30-31-32-33-34-35-36-37-38-39-41-43-45-47-49-51-57(61)58-55(54-65-66(62,63)64-53-52-59(3,4)5)56(60)50-48-46-44-42-40-17-15-13-11-9-7-2/h8,10,14,16,19-20,22-23,25-26,28-29,40,42,48,50,55-56,60H,6-7,9,11-13,15,17-18,21,24,27,30-39,41,43-47,49,51-54H2,1-5H3,(H-,58,61,62,63)/p+1/b10-8-,16-14-,20-19-,23-22-,26-25-,29-28-,42-40+,50-48+. The predicted octanol–water partition coefficient (Wildman–Crippen LogP) is 15.9. The van der Waals surface area contributed by atoms with Crippen molar-refractivity contribution in [3.63, 3.8) is 0 Å². The number of hydrogen-bond donors (Lipinski definition) is 3. The number of phosphoric acid groups is 1. The molecule has 0 spiro atoms. The molecule has 0 bridgehead atoms. The van der Waals surface area contributed by atoms with Gasteiger partial charge in [-0.3, -0.25) is 13.8 Å². The number of nitrogens with zero attached hydrogens (tertiary/aromatic N) is 1. The molecule has 1 amide bonds. The second kappa shape index (κ2) is 47.5. The first-order chi connectivity index (χ1) is 32.0. The molecule has 3 unspecified atom stereocenters. The van der Waals surface area contributed by atoms with E-state index >= 15 is 0 Å². The van der Waals surface area contributed by atoms with E-state index in [0.717, 1.165) is 77.0 Å². The normalized spacial score (nSPS) is 14.8. The highest BCUT2D eigenvalue weighted by Gasteiger charge is 2.27. The molecule has 0 heterocycles. The number of aliphatic hydroxyl groups excluding tert-OH is 1. The van der Waals surface area contributed by atoms with E-state index in [1.807, 2.05) is 27.2 Å². The van der Waals surface area contributed by atoms with Crippen LogP contribution in [0.15, 0.2) is 97.2 Å². The smallest absolute Gasteiger partial charge is 0.387 e. The van der Waals surface area contributed by atoms with Gasteiger partial charge in [0, 0.05) is 6.42 Å². The number of unbranched alkanes of at least 4 members (excludes halogenated alkanes) is 20. The van der Waals surface area contributed by atoms with Crippen molar-refractivity contribution in [2.45, 2.75) is 219 Å². The van der Waals surface area contributed by atoms with Gasteiger partial charge in [-0.15, -0.1) is 0 Å². The van der Waals surface area contributed by atoms with Gasteiger partial charge >= 0.3 is 7.82 Å². The van der Waals surface area contributed by atoms with E-state index in [1.165, 1.54) is 109 Å². The molecule has 0 saturated heterocycles. The van der Waals surface area contributed by atoms with Crippen molar-refractivity contribution in [3.05, 3.63) is 97.2 Å². The predicted molar refractivity (Wildman–Crippen MR) is 286 cm³/mol. The molecular weight excluding hydrogens is 840 g/mol. The van der Waals surface area contributed by atoms with Gasteiger partial charge in [0.15, 0.2) is 0 Å². The maximum absolute atomic E-state index is 12.9. The first kappa shape index (κ1) is 63.4. The first-order valence-electron chi connectivity index (χ1n) is 26.6. The lowest BCUT2D eigenvalue weighted by Crippen LogP contribution is -2.45. The molecule has 0 aliphatic heterocycles. The zero-order valence-corrected chi connectivity index (χ0v) is 44.0. The van der Waals surface area contributed by atoms with Crippen molar-refractivity contribution in [2.24, 2.45) is 0 Å². The van der Waals surface area contributed by atoms with E-state index in [0.29, 0.717) is 17.4 Å². The summed E-state index contributed by atoms with van der Waals surface area (Å²) in [5.41, 5.74) is 0. The zero-order chi connectivity index (χ0) is 48.5. The number of allylic oxidation sites excluding steroid dienone is 15. The average Bonchev–Trinajstić information content (AvgIpc) is 3.28. The van der Waals surface area contributed by atoms with Crippen molar-refractivity contribution in [1.29, 1.82) is 0 Å². The fourth-order valence-electron chi connectivity index (χ4n) is 7.12. The number of likely N-dealkylation sites (N-methyl/N-ethyl adjacent to an activating group) is 1. The molecule has 66 heavy (non-hydrogen) atoms. The van der Waals surface area contributed by atoms with Gasteiger partial charge in [-0.25, -0.2) is 4.57 Å². The summed E-state index contributed by atoms with van der Waals surface area (Å²) >= 11 is 0. The van der Waals surface area contributed by atoms with E-state index in [2.05, 4.69) is 104 Å². The molecule has 0 aromatic heterocycles. The van der Waals surface area contributed by atoms with Crippen LogP contribution in [0.2, 0.25) is 0 Å². The fraction of sp³-hybridized carbons (Fsp3) is 0.702. The van der Waals surface area contributed by atoms with E-state index in [9.17, 15) is 19.4 Å². The van der Waals surface area contributed by atoms with Crippen LogP contribution in [0.1, 0.15) is 206 Å². The largest absolute Gasteiger partial charge is 0.472 e. The van der Waals surface area contributed by atoms with E-state index < -0.39 is 20.0 Å². The molecule has 0 rings (SSSR count). The van der Waals surface area contributed by atoms with E-state index in [1.54, 1.807) is 6.08 Å². The van der Waals surface area contributed by atoms with Crippen LogP contribution in [0, 0.1) is 0 Å². The monoisotopic (exact) mass is 942 g/mol. The van der Waals surface area contributed by atoms with Crippen LogP contribution >= 0.6 is 7.82 Å². The Hall–Kier alpha value is -2.58. The summed E-state index contributed by atoms with van der Waals surface area (Å²) in [4.78, 5) is 23.2. The highest BCUT2D eigenvalue weighted by molar-refractivity contribution is 7.47. The number of phosphoric ester groups is 1. The number of quaternary nitrogens is 1. The molecule has 0 saturated carbocycles. The van der Waals surface area contributed by atoms with Crippen LogP contribution < -0.4 is 5.32 Å². The highest BCUT2D eigenvalue weighted by Crippen LogP contribution is 2.43. The highest BCUT2D eigenvalue weighted by atomic mass is 31.2. The Kier molecular flexibility index (Phi) is 45.6. The SMILES string of the molecule is CC/C=C\C/C=C\C/C=C\C/C=C\C/C=C\C/C=C\CCCCCCCCCCCCCCCCC(=O)NC(COP(=O)(O)OCC[N+](C)(C)C)C(O)/C=C/CC/C=C/CCCCCCC. The molecule has 3 N–H and O–H groups in total. The number of carbonyl (C=O) groups excluding carboxylic acids is 1. The molecule has 0 aliphatic rings. The van der Waals surface area contributed by atoms with E-state index in [-0.39, 0.29) is 19.1 Å². The summed E-state index contributed by atoms with van der Waals surface area (Å²) in [5.74, 6) is -0.193. The minimum atomic E-state index is -4.35. The van der Waals surface area contributed by atoms with Crippen molar-refractivity contribution < 1.29 is 32.9 Å². The van der Waals surface area contributed by atoms with Crippen molar-refractivity contribution in [1.82, 2.24) is 5.32 Å². The molecule has 0 aromatic carbocycles. The molecule has 0 radical (unpaired) electrons. The third-order valence-corrected chi connectivity index (χ3v) is 12.3. The van der Waals surface area contributed by atoms with Gasteiger partial charge < -0.3 is 19.8 Å². The topological polar surface area (TPSA) is 105 Å². The molecule has 0 aromatic rings. The maximum atomic E-state index is 12.9. The van der Waals surface area contributed by atoms with Crippen LogP contribution in [0.3, 0.4) is 0 Å². The summed E-state index contributed by atoms with van der Waals surface area (Å²) in [5, 5.41) is 13.8. The van der Waals surface area contributed by atoms with Gasteiger partial charge in [-0.1, -0.05) is 214 Å². The number of nitrogens with one attached hydrogen (secondary N) is 1. The molecule has 0 aliphatic carbocycles. The van der Waals surface area contributed by atoms with E-state index in [4.69, 9.17) is 9.05 Å². The maximum Gasteiger partial charge on any atom is 0.472 e. The number of aliphatic hydroxyl groups is 1. The van der Waals surface area contributed by atoms with Crippen LogP contribution in [0.25, 0.3) is 0 Å². The third-order valence-electron chi connectivity index (χ3n) is 11.3. The van der Waals surface area contributed by atoms with Crippen LogP contribution in [-0.4, -0.2) is 73.4 Å². The van der Waals surface area contributed by atoms with Crippen molar-refractivity contribution in [3.8, 4) is 0 Å². The number of amides is 1. The summed E-state index contributed by atoms with van der Waals surface area (Å²) in [6.07, 6.45) is 68.0. The number of hydrogen-bond acceptors (Lipinski definition) is 5. The Morgan fingerprint density at radius 2 is 0.924 bits per heavy atom. The first-order valence-corrected chi connectivity index (χ1v) is 28.1. The van der Waals surface area contributed by atoms with Crippen LogP contribution in [0.5, 0.6) is 0 Å². The fourth-order valence-corrected chi connectivity index (χ4v) is 7.85. The lowest BCUT2D eigenvalue weighted by molar-refractivity contribution is -0.870. The van der Waals surface area contributed by atoms with Gasteiger partial charge in [0.1, 0.15) is 13.2 Å². The Balaban J connectivity index is 4.09. The second-order valence-corrected chi connectivity index (χ2v) is 20.3. The Labute approximate surface area is 407 Å². The lowest BCUT2D eigenvalue weighted by atomic mass is 10.0. The summed E-state index contributed by atoms with van der Waals surface area (Å²) < 4.78 is 23.6.